The first kappa shape index (κ1) is 14.4. The summed E-state index contributed by atoms with van der Waals surface area (Å²) < 4.78 is 5.54. The van der Waals surface area contributed by atoms with E-state index in [9.17, 15) is 4.79 Å². The molecule has 1 rings (SSSR count). The maximum Gasteiger partial charge on any atom is 0.322 e. The fraction of sp³-hybridized carbons (Fsp3) is 0.300. The van der Waals surface area contributed by atoms with E-state index >= 15 is 0 Å². The highest BCUT2D eigenvalue weighted by Crippen LogP contribution is 2.11. The zero-order chi connectivity index (χ0) is 10.6. The Morgan fingerprint density at radius 2 is 2.00 bits per heavy atom. The van der Waals surface area contributed by atoms with Crippen LogP contribution in [0, 0.1) is 0 Å². The predicted molar refractivity (Wildman–Crippen MR) is 65.1 cm³/mol. The quantitative estimate of drug-likeness (QED) is 0.867. The van der Waals surface area contributed by atoms with Gasteiger partial charge in [-0.3, -0.25) is 4.79 Å². The van der Waals surface area contributed by atoms with Gasteiger partial charge in [-0.25, -0.2) is 0 Å². The highest BCUT2D eigenvalue weighted by molar-refractivity contribution is 9.10. The van der Waals surface area contributed by atoms with Gasteiger partial charge in [0.25, 0.3) is 0 Å². The smallest absolute Gasteiger partial charge is 0.322 e. The molecule has 0 saturated heterocycles. The SMILES string of the molecule is COC(=O)[C@@H](N)Cc1ccc(Br)cc1.Cl. The zero-order valence-corrected chi connectivity index (χ0v) is 10.7. The average Bonchev–Trinajstić information content (AvgIpc) is 2.20. The van der Waals surface area contributed by atoms with Crippen molar-refractivity contribution in [2.75, 3.05) is 7.11 Å². The van der Waals surface area contributed by atoms with Gasteiger partial charge in [0.2, 0.25) is 0 Å². The third-order valence-electron chi connectivity index (χ3n) is 1.87. The van der Waals surface area contributed by atoms with Crippen LogP contribution in [0.2, 0.25) is 0 Å². The molecule has 2 N–H and O–H groups in total. The number of hydrogen-bond acceptors (Lipinski definition) is 3. The number of carbonyl (C=O) groups excluding carboxylic acids is 1. The first-order valence-electron chi connectivity index (χ1n) is 4.21. The number of rotatable bonds is 3. The summed E-state index contributed by atoms with van der Waals surface area (Å²) in [6.45, 7) is 0. The zero-order valence-electron chi connectivity index (χ0n) is 8.27. The maximum atomic E-state index is 11.0. The number of esters is 1. The predicted octanol–water partition coefficient (Wildman–Crippen LogP) is 1.91. The lowest BCUT2D eigenvalue weighted by Crippen LogP contribution is -2.33. The molecule has 1 aromatic rings. The second-order valence-electron chi connectivity index (χ2n) is 2.96. The van der Waals surface area contributed by atoms with Gasteiger partial charge < -0.3 is 10.5 Å². The molecule has 0 fully saturated rings. The summed E-state index contributed by atoms with van der Waals surface area (Å²) in [5.74, 6) is -0.382. The number of methoxy groups -OCH3 is 1. The number of halogens is 2. The third kappa shape index (κ3) is 4.64. The minimum absolute atomic E-state index is 0. The molecule has 0 spiro atoms. The lowest BCUT2D eigenvalue weighted by atomic mass is 10.1. The van der Waals surface area contributed by atoms with Crippen molar-refractivity contribution in [1.29, 1.82) is 0 Å². The first-order chi connectivity index (χ1) is 6.63. The van der Waals surface area contributed by atoms with Gasteiger partial charge in [0.15, 0.2) is 0 Å². The summed E-state index contributed by atoms with van der Waals surface area (Å²) >= 11 is 3.33. The topological polar surface area (TPSA) is 52.3 Å². The van der Waals surface area contributed by atoms with E-state index in [1.807, 2.05) is 24.3 Å². The molecule has 0 saturated carbocycles. The van der Waals surface area contributed by atoms with Crippen molar-refractivity contribution < 1.29 is 9.53 Å². The normalized spacial score (nSPS) is 11.4. The van der Waals surface area contributed by atoms with Crippen molar-refractivity contribution in [3.8, 4) is 0 Å². The minimum atomic E-state index is -0.582. The Morgan fingerprint density at radius 3 is 2.47 bits per heavy atom. The molecular weight excluding hydrogens is 281 g/mol. The second kappa shape index (κ2) is 6.82. The monoisotopic (exact) mass is 293 g/mol. The molecule has 1 atom stereocenters. The van der Waals surface area contributed by atoms with Crippen molar-refractivity contribution in [3.05, 3.63) is 34.3 Å². The molecule has 0 radical (unpaired) electrons. The largest absolute Gasteiger partial charge is 0.468 e. The summed E-state index contributed by atoms with van der Waals surface area (Å²) in [4.78, 5) is 11.0. The Balaban J connectivity index is 0.00000196. The Bertz CT molecular complexity index is 316. The minimum Gasteiger partial charge on any atom is -0.468 e. The lowest BCUT2D eigenvalue weighted by molar-refractivity contribution is -0.142. The maximum absolute atomic E-state index is 11.0. The molecule has 1 aromatic carbocycles. The third-order valence-corrected chi connectivity index (χ3v) is 2.40. The van der Waals surface area contributed by atoms with E-state index in [0.29, 0.717) is 6.42 Å². The molecule has 0 aliphatic heterocycles. The highest BCUT2D eigenvalue weighted by atomic mass is 79.9. The summed E-state index contributed by atoms with van der Waals surface area (Å²) in [6.07, 6.45) is 0.500. The summed E-state index contributed by atoms with van der Waals surface area (Å²) in [5.41, 5.74) is 6.63. The Kier molecular flexibility index (Phi) is 6.56. The van der Waals surface area contributed by atoms with Gasteiger partial charge in [-0.1, -0.05) is 28.1 Å². The van der Waals surface area contributed by atoms with Crippen LogP contribution < -0.4 is 5.73 Å². The molecule has 5 heteroatoms. The van der Waals surface area contributed by atoms with E-state index in [4.69, 9.17) is 5.73 Å². The summed E-state index contributed by atoms with van der Waals surface area (Å²) in [5, 5.41) is 0. The van der Waals surface area contributed by atoms with E-state index in [0.717, 1.165) is 10.0 Å². The molecule has 0 aliphatic carbocycles. The van der Waals surface area contributed by atoms with Gasteiger partial charge in [-0.05, 0) is 24.1 Å². The lowest BCUT2D eigenvalue weighted by Gasteiger charge is -2.08. The van der Waals surface area contributed by atoms with E-state index in [1.165, 1.54) is 7.11 Å². The molecule has 0 amide bonds. The van der Waals surface area contributed by atoms with Crippen LogP contribution in [-0.2, 0) is 16.0 Å². The number of carbonyl (C=O) groups is 1. The molecule has 15 heavy (non-hydrogen) atoms. The Hall–Kier alpha value is -0.580. The van der Waals surface area contributed by atoms with E-state index < -0.39 is 6.04 Å². The van der Waals surface area contributed by atoms with Crippen LogP contribution >= 0.6 is 28.3 Å². The fourth-order valence-corrected chi connectivity index (χ4v) is 1.37. The van der Waals surface area contributed by atoms with Crippen molar-refractivity contribution in [2.24, 2.45) is 5.73 Å². The molecule has 0 aromatic heterocycles. The van der Waals surface area contributed by atoms with Crippen LogP contribution in [0.25, 0.3) is 0 Å². The molecule has 0 heterocycles. The number of hydrogen-bond donors (Lipinski definition) is 1. The molecule has 0 aliphatic rings. The standard InChI is InChI=1S/C10H12BrNO2.ClH/c1-14-10(13)9(12)6-7-2-4-8(11)5-3-7;/h2-5,9H,6,12H2,1H3;1H/t9-;/m0./s1. The van der Waals surface area contributed by atoms with Gasteiger partial charge in [0, 0.05) is 4.47 Å². The molecule has 84 valence electrons. The Labute approximate surface area is 104 Å². The number of ether oxygens (including phenoxy) is 1. The number of benzene rings is 1. The van der Waals surface area contributed by atoms with Gasteiger partial charge in [-0.15, -0.1) is 12.4 Å². The van der Waals surface area contributed by atoms with Crippen LogP contribution in [0.4, 0.5) is 0 Å². The van der Waals surface area contributed by atoms with Crippen LogP contribution in [0.1, 0.15) is 5.56 Å². The van der Waals surface area contributed by atoms with Crippen LogP contribution in [0.15, 0.2) is 28.7 Å². The Morgan fingerprint density at radius 1 is 1.47 bits per heavy atom. The summed E-state index contributed by atoms with van der Waals surface area (Å²) in [6, 6.07) is 7.10. The van der Waals surface area contributed by atoms with Crippen LogP contribution in [0.3, 0.4) is 0 Å². The van der Waals surface area contributed by atoms with Crippen molar-refractivity contribution in [1.82, 2.24) is 0 Å². The summed E-state index contributed by atoms with van der Waals surface area (Å²) in [7, 11) is 1.34. The molecule has 0 unspecified atom stereocenters. The molecule has 3 nitrogen and oxygen atoms in total. The van der Waals surface area contributed by atoms with Crippen LogP contribution in [0.5, 0.6) is 0 Å². The van der Waals surface area contributed by atoms with Crippen LogP contribution in [-0.4, -0.2) is 19.1 Å². The molecule has 0 bridgehead atoms. The van der Waals surface area contributed by atoms with E-state index in [2.05, 4.69) is 20.7 Å². The van der Waals surface area contributed by atoms with Crippen molar-refractivity contribution in [3.63, 3.8) is 0 Å². The van der Waals surface area contributed by atoms with Crippen molar-refractivity contribution >= 4 is 34.3 Å². The highest BCUT2D eigenvalue weighted by Gasteiger charge is 2.13. The second-order valence-corrected chi connectivity index (χ2v) is 3.88. The van der Waals surface area contributed by atoms with Crippen molar-refractivity contribution in [2.45, 2.75) is 12.5 Å². The first-order valence-corrected chi connectivity index (χ1v) is 5.00. The number of nitrogens with two attached hydrogens (primary N) is 1. The average molecular weight is 295 g/mol. The molecular formula is C10H13BrClNO2. The van der Waals surface area contributed by atoms with Gasteiger partial charge in [0.05, 0.1) is 7.11 Å². The van der Waals surface area contributed by atoms with Gasteiger partial charge >= 0.3 is 5.97 Å². The fourth-order valence-electron chi connectivity index (χ4n) is 1.11. The van der Waals surface area contributed by atoms with Gasteiger partial charge in [0.1, 0.15) is 6.04 Å². The van der Waals surface area contributed by atoms with Gasteiger partial charge in [-0.2, -0.15) is 0 Å². The van der Waals surface area contributed by atoms with E-state index in [1.54, 1.807) is 0 Å². The van der Waals surface area contributed by atoms with E-state index in [-0.39, 0.29) is 18.4 Å².